The topological polar surface area (TPSA) is 158 Å². The van der Waals surface area contributed by atoms with E-state index in [4.69, 9.17) is 27.6 Å². The van der Waals surface area contributed by atoms with Crippen molar-refractivity contribution < 1.29 is 28.7 Å². The van der Waals surface area contributed by atoms with Gasteiger partial charge in [0.25, 0.3) is 11.8 Å². The largest absolute Gasteiger partial charge is 0.481 e. The monoisotopic (exact) mass is 639 g/mol. The number of carbonyl (C=O) groups excluding carboxylic acids is 3. The highest BCUT2D eigenvalue weighted by Crippen LogP contribution is 2.35. The van der Waals surface area contributed by atoms with Crippen molar-refractivity contribution in [2.75, 3.05) is 6.54 Å². The maximum atomic E-state index is 13.4. The minimum Gasteiger partial charge on any atom is -0.481 e. The van der Waals surface area contributed by atoms with Gasteiger partial charge in [0, 0.05) is 18.4 Å². The van der Waals surface area contributed by atoms with Crippen molar-refractivity contribution in [2.45, 2.75) is 57.0 Å². The van der Waals surface area contributed by atoms with Crippen LogP contribution in [0.1, 0.15) is 65.5 Å². The van der Waals surface area contributed by atoms with Crippen LogP contribution in [0.25, 0.3) is 11.3 Å². The third-order valence-corrected chi connectivity index (χ3v) is 8.30. The van der Waals surface area contributed by atoms with Crippen LogP contribution in [-0.4, -0.2) is 67.2 Å². The lowest BCUT2D eigenvalue weighted by molar-refractivity contribution is -0.137. The van der Waals surface area contributed by atoms with E-state index in [9.17, 15) is 24.3 Å². The molecule has 1 aliphatic carbocycles. The van der Waals surface area contributed by atoms with Crippen molar-refractivity contribution >= 4 is 46.8 Å². The second-order valence-electron chi connectivity index (χ2n) is 10.8. The van der Waals surface area contributed by atoms with Gasteiger partial charge >= 0.3 is 5.97 Å². The molecule has 0 spiro atoms. The van der Waals surface area contributed by atoms with Gasteiger partial charge in [-0.25, -0.2) is 9.97 Å². The second-order valence-corrected chi connectivity index (χ2v) is 11.6. The third kappa shape index (κ3) is 7.28. The molecule has 0 radical (unpaired) electrons. The Kier molecular flexibility index (Phi) is 9.96. The summed E-state index contributed by atoms with van der Waals surface area (Å²) >= 11 is 12.5. The van der Waals surface area contributed by atoms with Crippen molar-refractivity contribution in [3.63, 3.8) is 0 Å². The summed E-state index contributed by atoms with van der Waals surface area (Å²) in [6.07, 6.45) is 15.3. The number of benzene rings is 1. The van der Waals surface area contributed by atoms with Crippen molar-refractivity contribution in [1.82, 2.24) is 25.2 Å². The van der Waals surface area contributed by atoms with E-state index < -0.39 is 48.0 Å². The van der Waals surface area contributed by atoms with E-state index in [1.54, 1.807) is 24.4 Å². The van der Waals surface area contributed by atoms with Crippen molar-refractivity contribution in [1.29, 1.82) is 0 Å². The van der Waals surface area contributed by atoms with E-state index in [1.165, 1.54) is 11.1 Å². The van der Waals surface area contributed by atoms with Gasteiger partial charge in [-0.05, 0) is 56.6 Å². The summed E-state index contributed by atoms with van der Waals surface area (Å²) in [5, 5.41) is 12.5. The number of carboxylic acids is 1. The molecule has 2 amide bonds. The number of likely N-dealkylation sites (tertiary alicyclic amines) is 1. The molecule has 3 N–H and O–H groups in total. The lowest BCUT2D eigenvalue weighted by Crippen LogP contribution is -2.51. The molecule has 3 atom stereocenters. The number of aliphatic carboxylic acids is 1. The van der Waals surface area contributed by atoms with E-state index >= 15 is 0 Å². The van der Waals surface area contributed by atoms with Crippen LogP contribution < -0.4 is 5.32 Å². The summed E-state index contributed by atoms with van der Waals surface area (Å²) in [5.74, 6) is -2.93. The Morgan fingerprint density at radius 2 is 1.93 bits per heavy atom. The van der Waals surface area contributed by atoms with Crippen LogP contribution in [0.5, 0.6) is 0 Å². The summed E-state index contributed by atoms with van der Waals surface area (Å²) in [6.45, 7) is 0.313. The van der Waals surface area contributed by atoms with Gasteiger partial charge in [-0.1, -0.05) is 53.6 Å². The summed E-state index contributed by atoms with van der Waals surface area (Å²) in [4.78, 5) is 64.3. The molecule has 1 fully saturated rings. The fraction of sp³-hybridized carbons (Fsp3) is 0.355. The molecule has 2 aliphatic rings. The molecule has 5 rings (SSSR count). The number of aromatic amines is 1. The Morgan fingerprint density at radius 1 is 1.14 bits per heavy atom. The molecule has 1 saturated heterocycles. The number of aryl methyl sites for hydroxylation is 1. The standard InChI is InChI=1S/C31H31Cl2N5O6/c32-20-11-5-12-21(33)26(20)24-17-35-30(44-24)27(41)22(15-25(39)40)37-29(42)23-13-6-14-38(23)31(43)28-34-16-19(36-28)10-4-9-18-7-2-1-3-8-18/h1-3,5,7,11-12,16-18,22-23H,4,6,8-10,13-15H2,(H,34,36)(H,37,42)(H,39,40)/t18?,22-,23-/m0/s1. The van der Waals surface area contributed by atoms with E-state index in [0.717, 1.165) is 31.4 Å². The number of halogens is 2. The first kappa shape index (κ1) is 31.2. The average molecular weight is 641 g/mol. The van der Waals surface area contributed by atoms with Gasteiger partial charge in [0.05, 0.1) is 28.2 Å². The Bertz CT molecular complexity index is 1590. The molecule has 1 aliphatic heterocycles. The number of hydrogen-bond acceptors (Lipinski definition) is 7. The number of Topliss-reactive ketones (excluding diaryl/α,β-unsaturated/α-hetero) is 1. The second kappa shape index (κ2) is 14.0. The number of allylic oxidation sites excluding steroid dienone is 4. The number of rotatable bonds is 12. The molecular formula is C31H31Cl2N5O6. The summed E-state index contributed by atoms with van der Waals surface area (Å²) in [6, 6.07) is 2.42. The highest BCUT2D eigenvalue weighted by Gasteiger charge is 2.38. The summed E-state index contributed by atoms with van der Waals surface area (Å²) in [5.41, 5.74) is 1.15. The number of nitrogens with one attached hydrogen (secondary N) is 2. The third-order valence-electron chi connectivity index (χ3n) is 7.68. The number of H-pyrrole nitrogens is 1. The number of aromatic nitrogens is 3. The molecule has 230 valence electrons. The van der Waals surface area contributed by atoms with Crippen LogP contribution in [-0.2, 0) is 16.0 Å². The minimum atomic E-state index is -1.49. The predicted octanol–water partition coefficient (Wildman–Crippen LogP) is 5.27. The number of imidazole rings is 1. The molecule has 1 unspecified atom stereocenters. The quantitative estimate of drug-likeness (QED) is 0.226. The molecule has 13 heteroatoms. The molecule has 44 heavy (non-hydrogen) atoms. The van der Waals surface area contributed by atoms with Gasteiger partial charge in [0.2, 0.25) is 11.7 Å². The fourth-order valence-electron chi connectivity index (χ4n) is 5.45. The minimum absolute atomic E-state index is 0.109. The predicted molar refractivity (Wildman–Crippen MR) is 162 cm³/mol. The SMILES string of the molecule is O=C(O)C[C@H](NC(=O)[C@@H]1CCCN1C(=O)c1ncc(CCCC2C=CC=CC2)[nH]1)C(=O)c1ncc(-c2c(Cl)cccc2Cl)o1. The summed E-state index contributed by atoms with van der Waals surface area (Å²) < 4.78 is 5.59. The first-order valence-electron chi connectivity index (χ1n) is 14.4. The van der Waals surface area contributed by atoms with Gasteiger partial charge in [0.1, 0.15) is 12.1 Å². The van der Waals surface area contributed by atoms with E-state index in [0.29, 0.717) is 30.9 Å². The molecule has 11 nitrogen and oxygen atoms in total. The number of carbonyl (C=O) groups is 4. The molecule has 0 bridgehead atoms. The lowest BCUT2D eigenvalue weighted by atomic mass is 9.95. The normalized spacial score (nSPS) is 18.4. The molecule has 1 aromatic carbocycles. The zero-order valence-electron chi connectivity index (χ0n) is 23.7. The van der Waals surface area contributed by atoms with Crippen molar-refractivity contribution in [3.8, 4) is 11.3 Å². The number of oxazole rings is 1. The highest BCUT2D eigenvalue weighted by atomic mass is 35.5. The van der Waals surface area contributed by atoms with Crippen molar-refractivity contribution in [3.05, 3.63) is 82.4 Å². The zero-order valence-corrected chi connectivity index (χ0v) is 25.2. The van der Waals surface area contributed by atoms with E-state index in [1.807, 2.05) is 6.08 Å². The smallest absolute Gasteiger partial charge is 0.305 e. The Labute approximate surface area is 263 Å². The van der Waals surface area contributed by atoms with Gasteiger partial charge in [-0.3, -0.25) is 19.2 Å². The van der Waals surface area contributed by atoms with Crippen LogP contribution in [0.3, 0.4) is 0 Å². The van der Waals surface area contributed by atoms with Gasteiger partial charge in [-0.15, -0.1) is 0 Å². The van der Waals surface area contributed by atoms with Gasteiger partial charge in [0.15, 0.2) is 11.6 Å². The fourth-order valence-corrected chi connectivity index (χ4v) is 6.04. The molecule has 2 aromatic heterocycles. The molecule has 3 aromatic rings. The zero-order chi connectivity index (χ0) is 31.2. The van der Waals surface area contributed by atoms with Crippen LogP contribution in [0.4, 0.5) is 0 Å². The van der Waals surface area contributed by atoms with Crippen LogP contribution in [0.2, 0.25) is 10.0 Å². The van der Waals surface area contributed by atoms with E-state index in [2.05, 4.69) is 38.5 Å². The Hall–Kier alpha value is -4.22. The van der Waals surface area contributed by atoms with Gasteiger partial charge in [-0.2, -0.15) is 0 Å². The molecule has 0 saturated carbocycles. The lowest BCUT2D eigenvalue weighted by Gasteiger charge is -2.25. The first-order valence-corrected chi connectivity index (χ1v) is 15.1. The Morgan fingerprint density at radius 3 is 2.66 bits per heavy atom. The Balaban J connectivity index is 1.23. The van der Waals surface area contributed by atoms with Crippen LogP contribution >= 0.6 is 23.2 Å². The van der Waals surface area contributed by atoms with E-state index in [-0.39, 0.29) is 21.6 Å². The van der Waals surface area contributed by atoms with Crippen LogP contribution in [0.15, 0.2) is 59.3 Å². The molecule has 3 heterocycles. The van der Waals surface area contributed by atoms with Crippen molar-refractivity contribution in [2.24, 2.45) is 5.92 Å². The number of hydrogen-bond donors (Lipinski definition) is 3. The number of ketones is 1. The highest BCUT2D eigenvalue weighted by molar-refractivity contribution is 6.39. The number of carboxylic acid groups (broad SMARTS) is 1. The maximum Gasteiger partial charge on any atom is 0.305 e. The number of amides is 2. The average Bonchev–Trinajstić information content (AvgIpc) is 3.78. The van der Waals surface area contributed by atoms with Crippen LogP contribution in [0, 0.1) is 5.92 Å². The maximum absolute atomic E-state index is 13.4. The summed E-state index contributed by atoms with van der Waals surface area (Å²) in [7, 11) is 0. The number of nitrogens with zero attached hydrogens (tertiary/aromatic N) is 3. The first-order chi connectivity index (χ1) is 21.2. The van der Waals surface area contributed by atoms with Gasteiger partial charge < -0.3 is 24.7 Å². The molecular weight excluding hydrogens is 609 g/mol.